The van der Waals surface area contributed by atoms with E-state index in [1.54, 1.807) is 11.8 Å². The molecule has 0 amide bonds. The molecule has 0 fully saturated rings. The molecule has 0 bridgehead atoms. The number of nitrogens with zero attached hydrogens (tertiary/aromatic N) is 1. The molecule has 1 aromatic heterocycles. The van der Waals surface area contributed by atoms with Crippen LogP contribution in [0.4, 0.5) is 0 Å². The second-order valence-corrected chi connectivity index (χ2v) is 4.41. The summed E-state index contributed by atoms with van der Waals surface area (Å²) in [4.78, 5) is 11.8. The largest absolute Gasteiger partial charge is 0.476 e. The van der Waals surface area contributed by atoms with E-state index in [0.717, 1.165) is 10.5 Å². The molecule has 0 radical (unpaired) electrons. The van der Waals surface area contributed by atoms with Gasteiger partial charge in [0.15, 0.2) is 11.5 Å². The van der Waals surface area contributed by atoms with E-state index in [0.29, 0.717) is 5.76 Å². The monoisotopic (exact) mass is 249 g/mol. The Balaban J connectivity index is 2.42. The Morgan fingerprint density at radius 2 is 2.18 bits per heavy atom. The molecule has 0 saturated carbocycles. The van der Waals surface area contributed by atoms with Crippen LogP contribution in [0.3, 0.4) is 0 Å². The van der Waals surface area contributed by atoms with Gasteiger partial charge in [0.25, 0.3) is 0 Å². The number of rotatable bonds is 3. The van der Waals surface area contributed by atoms with Crippen LogP contribution < -0.4 is 0 Å². The van der Waals surface area contributed by atoms with Crippen molar-refractivity contribution >= 4 is 17.7 Å². The Bertz CT molecular complexity index is 563. The van der Waals surface area contributed by atoms with Crippen molar-refractivity contribution in [2.45, 2.75) is 11.8 Å². The normalized spacial score (nSPS) is 10.5. The highest BCUT2D eigenvalue weighted by Crippen LogP contribution is 2.27. The van der Waals surface area contributed by atoms with Crippen molar-refractivity contribution in [3.63, 3.8) is 0 Å². The van der Waals surface area contributed by atoms with E-state index in [4.69, 9.17) is 9.63 Å². The third-order valence-corrected chi connectivity index (χ3v) is 3.30. The van der Waals surface area contributed by atoms with Crippen LogP contribution in [0.25, 0.3) is 11.3 Å². The van der Waals surface area contributed by atoms with Gasteiger partial charge in [0, 0.05) is 16.5 Å². The predicted octanol–water partition coefficient (Wildman–Crippen LogP) is 3.07. The highest BCUT2D eigenvalue weighted by Gasteiger charge is 2.12. The molecule has 17 heavy (non-hydrogen) atoms. The van der Waals surface area contributed by atoms with Crippen molar-refractivity contribution < 1.29 is 14.4 Å². The average Bonchev–Trinajstić information content (AvgIpc) is 2.79. The van der Waals surface area contributed by atoms with Crippen LogP contribution in [0.15, 0.2) is 33.7 Å². The molecule has 1 aromatic carbocycles. The molecule has 0 spiro atoms. The molecule has 0 saturated heterocycles. The number of benzene rings is 1. The van der Waals surface area contributed by atoms with Crippen LogP contribution in [0.2, 0.25) is 0 Å². The second-order valence-electron chi connectivity index (χ2n) is 3.57. The van der Waals surface area contributed by atoms with Crippen molar-refractivity contribution in [3.05, 3.63) is 35.5 Å². The lowest BCUT2D eigenvalue weighted by Gasteiger charge is -2.03. The van der Waals surface area contributed by atoms with Crippen molar-refractivity contribution in [2.75, 3.05) is 6.26 Å². The summed E-state index contributed by atoms with van der Waals surface area (Å²) in [6.07, 6.45) is 2.00. The molecule has 2 rings (SSSR count). The Kier molecular flexibility index (Phi) is 3.19. The van der Waals surface area contributed by atoms with Crippen LogP contribution in [-0.2, 0) is 0 Å². The Morgan fingerprint density at radius 1 is 1.41 bits per heavy atom. The Hall–Kier alpha value is -1.75. The topological polar surface area (TPSA) is 63.3 Å². The first-order valence-corrected chi connectivity index (χ1v) is 6.19. The fourth-order valence-corrected chi connectivity index (χ4v) is 2.12. The van der Waals surface area contributed by atoms with Gasteiger partial charge in [0.1, 0.15) is 0 Å². The summed E-state index contributed by atoms with van der Waals surface area (Å²) in [6.45, 7) is 2.03. The molecule has 0 aliphatic carbocycles. The highest BCUT2D eigenvalue weighted by molar-refractivity contribution is 7.98. The first-order chi connectivity index (χ1) is 8.11. The molecule has 4 nitrogen and oxygen atoms in total. The number of carboxylic acids is 1. The van der Waals surface area contributed by atoms with Gasteiger partial charge in [-0.05, 0) is 24.8 Å². The number of hydrogen-bond acceptors (Lipinski definition) is 4. The highest BCUT2D eigenvalue weighted by atomic mass is 32.2. The Morgan fingerprint density at radius 3 is 2.76 bits per heavy atom. The molecule has 88 valence electrons. The lowest BCUT2D eigenvalue weighted by atomic mass is 10.1. The minimum Gasteiger partial charge on any atom is -0.476 e. The van der Waals surface area contributed by atoms with E-state index in [9.17, 15) is 4.79 Å². The maximum absolute atomic E-state index is 10.7. The molecular formula is C12H11NO3S. The fourth-order valence-electron chi connectivity index (χ4n) is 1.49. The number of aromatic carboxylic acids is 1. The predicted molar refractivity (Wildman–Crippen MR) is 65.4 cm³/mol. The zero-order chi connectivity index (χ0) is 12.4. The maximum Gasteiger partial charge on any atom is 0.358 e. The van der Waals surface area contributed by atoms with Gasteiger partial charge in [-0.15, -0.1) is 11.8 Å². The summed E-state index contributed by atoms with van der Waals surface area (Å²) in [5.74, 6) is -0.616. The minimum atomic E-state index is -1.09. The number of carboxylic acid groups (broad SMARTS) is 1. The van der Waals surface area contributed by atoms with Gasteiger partial charge >= 0.3 is 5.97 Å². The molecule has 0 aliphatic rings. The molecule has 5 heteroatoms. The van der Waals surface area contributed by atoms with Crippen LogP contribution in [0, 0.1) is 6.92 Å². The van der Waals surface area contributed by atoms with E-state index in [2.05, 4.69) is 5.16 Å². The van der Waals surface area contributed by atoms with Crippen molar-refractivity contribution in [1.82, 2.24) is 5.16 Å². The standard InChI is InChI=1S/C12H11NO3S/c1-7-3-4-8(5-11(7)17-2)10-6-9(12(14)15)13-16-10/h3-6H,1-2H3,(H,14,15). The summed E-state index contributed by atoms with van der Waals surface area (Å²) in [6, 6.07) is 7.26. The van der Waals surface area contributed by atoms with E-state index < -0.39 is 5.97 Å². The summed E-state index contributed by atoms with van der Waals surface area (Å²) >= 11 is 1.64. The average molecular weight is 249 g/mol. The first-order valence-electron chi connectivity index (χ1n) is 4.97. The zero-order valence-electron chi connectivity index (χ0n) is 9.43. The third kappa shape index (κ3) is 2.34. The van der Waals surface area contributed by atoms with Crippen molar-refractivity contribution in [3.8, 4) is 11.3 Å². The van der Waals surface area contributed by atoms with Gasteiger partial charge in [-0.2, -0.15) is 0 Å². The van der Waals surface area contributed by atoms with Crippen LogP contribution in [0.1, 0.15) is 16.1 Å². The number of hydrogen-bond donors (Lipinski definition) is 1. The minimum absolute atomic E-state index is 0.0775. The van der Waals surface area contributed by atoms with Gasteiger partial charge in [-0.3, -0.25) is 0 Å². The van der Waals surface area contributed by atoms with Crippen LogP contribution >= 0.6 is 11.8 Å². The smallest absolute Gasteiger partial charge is 0.358 e. The second kappa shape index (κ2) is 4.63. The van der Waals surface area contributed by atoms with Crippen LogP contribution in [0.5, 0.6) is 0 Å². The van der Waals surface area contributed by atoms with Gasteiger partial charge in [-0.25, -0.2) is 4.79 Å². The van der Waals surface area contributed by atoms with E-state index in [-0.39, 0.29) is 5.69 Å². The molecule has 1 N–H and O–H groups in total. The fraction of sp³-hybridized carbons (Fsp3) is 0.167. The lowest BCUT2D eigenvalue weighted by Crippen LogP contribution is -1.94. The molecule has 0 unspecified atom stereocenters. The molecule has 2 aromatic rings. The van der Waals surface area contributed by atoms with Gasteiger partial charge in [0.05, 0.1) is 0 Å². The van der Waals surface area contributed by atoms with Crippen LogP contribution in [-0.4, -0.2) is 22.5 Å². The van der Waals surface area contributed by atoms with Crippen molar-refractivity contribution in [1.29, 1.82) is 0 Å². The molecular weight excluding hydrogens is 238 g/mol. The number of carbonyl (C=O) groups is 1. The lowest BCUT2D eigenvalue weighted by molar-refractivity contribution is 0.0686. The maximum atomic E-state index is 10.7. The first kappa shape index (κ1) is 11.7. The summed E-state index contributed by atoms with van der Waals surface area (Å²) in [5, 5.41) is 12.3. The Labute approximate surface area is 103 Å². The number of aromatic nitrogens is 1. The molecule has 1 heterocycles. The number of thioether (sulfide) groups is 1. The molecule has 0 aliphatic heterocycles. The van der Waals surface area contributed by atoms with E-state index in [1.807, 2.05) is 31.4 Å². The van der Waals surface area contributed by atoms with Gasteiger partial charge in [-0.1, -0.05) is 17.3 Å². The summed E-state index contributed by atoms with van der Waals surface area (Å²) in [5.41, 5.74) is 1.94. The summed E-state index contributed by atoms with van der Waals surface area (Å²) in [7, 11) is 0. The van der Waals surface area contributed by atoms with Crippen molar-refractivity contribution in [2.24, 2.45) is 0 Å². The molecule has 0 atom stereocenters. The third-order valence-electron chi connectivity index (χ3n) is 2.42. The summed E-state index contributed by atoms with van der Waals surface area (Å²) < 4.78 is 5.01. The van der Waals surface area contributed by atoms with E-state index in [1.165, 1.54) is 11.6 Å². The zero-order valence-corrected chi connectivity index (χ0v) is 10.2. The SMILES string of the molecule is CSc1cc(-c2cc(C(=O)O)no2)ccc1C. The van der Waals surface area contributed by atoms with E-state index >= 15 is 0 Å². The number of aryl methyl sites for hydroxylation is 1. The van der Waals surface area contributed by atoms with Gasteiger partial charge < -0.3 is 9.63 Å². The van der Waals surface area contributed by atoms with Gasteiger partial charge in [0.2, 0.25) is 0 Å². The quantitative estimate of drug-likeness (QED) is 0.847.